The molecule has 0 aliphatic rings. The van der Waals surface area contributed by atoms with Gasteiger partial charge in [-0.3, -0.25) is 9.59 Å². The van der Waals surface area contributed by atoms with Crippen LogP contribution in [0.5, 0.6) is 0 Å². The number of ketones is 1. The number of aromatic nitrogens is 3. The first-order chi connectivity index (χ1) is 14.3. The standard InChI is InChI=1S/C23H23FN4O2/c1-5-18-20(12-25)23(30)27(26-21(18)6-2)13-22(29)19-10-14(3)28(15(19)4)17-9-7-8-16(24)11-17/h7-11H,5-6,13H2,1-4H3. The predicted molar refractivity (Wildman–Crippen MR) is 111 cm³/mol. The van der Waals surface area contributed by atoms with E-state index in [4.69, 9.17) is 0 Å². The lowest BCUT2D eigenvalue weighted by molar-refractivity contribution is 0.0964. The summed E-state index contributed by atoms with van der Waals surface area (Å²) in [6.45, 7) is 7.11. The van der Waals surface area contributed by atoms with Gasteiger partial charge in [0.1, 0.15) is 24.0 Å². The molecule has 0 aliphatic heterocycles. The third kappa shape index (κ3) is 3.69. The van der Waals surface area contributed by atoms with Crippen molar-refractivity contribution in [3.05, 3.63) is 80.3 Å². The number of benzene rings is 1. The summed E-state index contributed by atoms with van der Waals surface area (Å²) in [5.41, 5.74) is 3.24. The Balaban J connectivity index is 2.03. The quantitative estimate of drug-likeness (QED) is 0.585. The topological polar surface area (TPSA) is 80.7 Å². The fraction of sp³-hybridized carbons (Fsp3) is 0.304. The van der Waals surface area contributed by atoms with Crippen LogP contribution in [0.3, 0.4) is 0 Å². The molecule has 0 aliphatic carbocycles. The highest BCUT2D eigenvalue weighted by atomic mass is 19.1. The van der Waals surface area contributed by atoms with Crippen molar-refractivity contribution in [2.75, 3.05) is 0 Å². The van der Waals surface area contributed by atoms with Gasteiger partial charge in [-0.15, -0.1) is 0 Å². The van der Waals surface area contributed by atoms with Crippen molar-refractivity contribution in [2.45, 2.75) is 47.1 Å². The number of hydrogen-bond acceptors (Lipinski definition) is 4. The Morgan fingerprint density at radius 2 is 1.93 bits per heavy atom. The zero-order chi connectivity index (χ0) is 22.0. The lowest BCUT2D eigenvalue weighted by atomic mass is 10.0. The molecule has 30 heavy (non-hydrogen) atoms. The summed E-state index contributed by atoms with van der Waals surface area (Å²) in [6, 6.07) is 9.83. The Kier molecular flexibility index (Phi) is 5.97. The van der Waals surface area contributed by atoms with Gasteiger partial charge >= 0.3 is 0 Å². The molecule has 7 heteroatoms. The van der Waals surface area contributed by atoms with E-state index in [-0.39, 0.29) is 23.7 Å². The summed E-state index contributed by atoms with van der Waals surface area (Å²) < 4.78 is 16.5. The Morgan fingerprint density at radius 3 is 2.53 bits per heavy atom. The monoisotopic (exact) mass is 406 g/mol. The van der Waals surface area contributed by atoms with E-state index in [2.05, 4.69) is 5.10 Å². The highest BCUT2D eigenvalue weighted by Crippen LogP contribution is 2.22. The van der Waals surface area contributed by atoms with Gasteiger partial charge in [-0.2, -0.15) is 10.4 Å². The molecule has 0 amide bonds. The molecule has 0 saturated heterocycles. The minimum atomic E-state index is -0.557. The van der Waals surface area contributed by atoms with Crippen LogP contribution in [0.25, 0.3) is 5.69 Å². The minimum Gasteiger partial charge on any atom is -0.318 e. The molecule has 1 aromatic carbocycles. The van der Waals surface area contributed by atoms with Gasteiger partial charge < -0.3 is 4.57 Å². The molecule has 0 atom stereocenters. The third-order valence-corrected chi connectivity index (χ3v) is 5.23. The molecule has 0 unspecified atom stereocenters. The van der Waals surface area contributed by atoms with Crippen molar-refractivity contribution < 1.29 is 9.18 Å². The van der Waals surface area contributed by atoms with E-state index in [1.807, 2.05) is 26.8 Å². The van der Waals surface area contributed by atoms with E-state index in [9.17, 15) is 19.2 Å². The van der Waals surface area contributed by atoms with Crippen LogP contribution < -0.4 is 5.56 Å². The molecule has 0 fully saturated rings. The van der Waals surface area contributed by atoms with E-state index in [1.54, 1.807) is 29.7 Å². The molecule has 3 aromatic rings. The number of Topliss-reactive ketones (excluding diaryl/α,β-unsaturated/α-hetero) is 1. The fourth-order valence-corrected chi connectivity index (χ4v) is 3.82. The number of aryl methyl sites for hydroxylation is 2. The Bertz CT molecular complexity index is 1230. The molecule has 0 spiro atoms. The van der Waals surface area contributed by atoms with Crippen LogP contribution >= 0.6 is 0 Å². The molecule has 2 heterocycles. The lowest BCUT2D eigenvalue weighted by Gasteiger charge is -2.12. The van der Waals surface area contributed by atoms with Crippen molar-refractivity contribution in [3.8, 4) is 11.8 Å². The summed E-state index contributed by atoms with van der Waals surface area (Å²) >= 11 is 0. The first kappa shape index (κ1) is 21.2. The van der Waals surface area contributed by atoms with Crippen molar-refractivity contribution in [3.63, 3.8) is 0 Å². The summed E-state index contributed by atoms with van der Waals surface area (Å²) in [4.78, 5) is 25.7. The fourth-order valence-electron chi connectivity index (χ4n) is 3.82. The van der Waals surface area contributed by atoms with Gasteiger partial charge in [0.15, 0.2) is 5.78 Å². The molecule has 3 rings (SSSR count). The van der Waals surface area contributed by atoms with Crippen molar-refractivity contribution >= 4 is 5.78 Å². The molecule has 0 radical (unpaired) electrons. The zero-order valence-corrected chi connectivity index (χ0v) is 17.5. The van der Waals surface area contributed by atoms with E-state index in [1.165, 1.54) is 12.1 Å². The molecule has 6 nitrogen and oxygen atoms in total. The maximum absolute atomic E-state index is 13.7. The Morgan fingerprint density at radius 1 is 1.20 bits per heavy atom. The zero-order valence-electron chi connectivity index (χ0n) is 17.5. The lowest BCUT2D eigenvalue weighted by Crippen LogP contribution is -2.31. The highest BCUT2D eigenvalue weighted by molar-refractivity contribution is 5.97. The van der Waals surface area contributed by atoms with E-state index < -0.39 is 5.56 Å². The van der Waals surface area contributed by atoms with Gasteiger partial charge in [0.2, 0.25) is 0 Å². The van der Waals surface area contributed by atoms with Crippen LogP contribution in [0.2, 0.25) is 0 Å². The minimum absolute atomic E-state index is 0.0439. The van der Waals surface area contributed by atoms with Crippen LogP contribution in [-0.4, -0.2) is 20.1 Å². The summed E-state index contributed by atoms with van der Waals surface area (Å²) in [5.74, 6) is -0.661. The predicted octanol–water partition coefficient (Wildman–Crippen LogP) is 3.67. The largest absolute Gasteiger partial charge is 0.318 e. The second kappa shape index (κ2) is 8.46. The number of carbonyl (C=O) groups is 1. The maximum Gasteiger partial charge on any atom is 0.285 e. The van der Waals surface area contributed by atoms with Crippen LogP contribution in [0.4, 0.5) is 4.39 Å². The van der Waals surface area contributed by atoms with Crippen LogP contribution in [-0.2, 0) is 19.4 Å². The van der Waals surface area contributed by atoms with Gasteiger partial charge in [0.05, 0.1) is 5.69 Å². The van der Waals surface area contributed by atoms with Gasteiger partial charge in [-0.1, -0.05) is 19.9 Å². The van der Waals surface area contributed by atoms with Gasteiger partial charge in [-0.25, -0.2) is 9.07 Å². The second-order valence-electron chi connectivity index (χ2n) is 7.11. The maximum atomic E-state index is 13.7. The van der Waals surface area contributed by atoms with Gasteiger partial charge in [0, 0.05) is 22.6 Å². The first-order valence-electron chi connectivity index (χ1n) is 9.83. The van der Waals surface area contributed by atoms with Crippen molar-refractivity contribution in [1.29, 1.82) is 5.26 Å². The average molecular weight is 406 g/mol. The average Bonchev–Trinajstić information content (AvgIpc) is 3.02. The van der Waals surface area contributed by atoms with E-state index in [0.717, 1.165) is 10.4 Å². The number of rotatable bonds is 6. The summed E-state index contributed by atoms with van der Waals surface area (Å²) in [7, 11) is 0. The summed E-state index contributed by atoms with van der Waals surface area (Å²) in [6.07, 6.45) is 1.08. The first-order valence-corrected chi connectivity index (χ1v) is 9.83. The molecule has 0 saturated carbocycles. The molecular weight excluding hydrogens is 383 g/mol. The highest BCUT2D eigenvalue weighted by Gasteiger charge is 2.21. The summed E-state index contributed by atoms with van der Waals surface area (Å²) in [5, 5.41) is 13.8. The third-order valence-electron chi connectivity index (χ3n) is 5.23. The number of carbonyl (C=O) groups excluding carboxylic acids is 1. The van der Waals surface area contributed by atoms with Gasteiger partial charge in [-0.05, 0) is 56.5 Å². The molecule has 2 aromatic heterocycles. The van der Waals surface area contributed by atoms with Crippen molar-refractivity contribution in [2.24, 2.45) is 0 Å². The molecular formula is C23H23FN4O2. The number of halogens is 1. The molecule has 0 bridgehead atoms. The number of nitrogens with zero attached hydrogens (tertiary/aromatic N) is 4. The van der Waals surface area contributed by atoms with Crippen molar-refractivity contribution in [1.82, 2.24) is 14.3 Å². The molecule has 154 valence electrons. The Labute approximate surface area is 174 Å². The number of hydrogen-bond donors (Lipinski definition) is 0. The van der Waals surface area contributed by atoms with Crippen LogP contribution in [0.15, 0.2) is 35.1 Å². The van der Waals surface area contributed by atoms with Crippen LogP contribution in [0, 0.1) is 31.0 Å². The smallest absolute Gasteiger partial charge is 0.285 e. The van der Waals surface area contributed by atoms with E-state index in [0.29, 0.717) is 41.0 Å². The normalized spacial score (nSPS) is 10.8. The SMILES string of the molecule is CCc1nn(CC(=O)c2cc(C)n(-c3cccc(F)c3)c2C)c(=O)c(C#N)c1CC. The second-order valence-corrected chi connectivity index (χ2v) is 7.11. The Hall–Kier alpha value is -3.53. The van der Waals surface area contributed by atoms with E-state index >= 15 is 0 Å². The number of nitriles is 1. The molecule has 0 N–H and O–H groups in total. The van der Waals surface area contributed by atoms with Gasteiger partial charge in [0.25, 0.3) is 5.56 Å². The van der Waals surface area contributed by atoms with Crippen LogP contribution in [0.1, 0.15) is 52.4 Å².